The van der Waals surface area contributed by atoms with Gasteiger partial charge in [0.25, 0.3) is 0 Å². The number of benzene rings is 3. The summed E-state index contributed by atoms with van der Waals surface area (Å²) >= 11 is 0. The molecule has 33 heavy (non-hydrogen) atoms. The third-order valence-corrected chi connectivity index (χ3v) is 5.30. The second-order valence-electron chi connectivity index (χ2n) is 7.49. The van der Waals surface area contributed by atoms with E-state index in [1.165, 1.54) is 53.6 Å². The Morgan fingerprint density at radius 2 is 1.27 bits per heavy atom. The molecule has 0 aliphatic carbocycles. The van der Waals surface area contributed by atoms with E-state index in [0.717, 1.165) is 12.1 Å². The van der Waals surface area contributed by atoms with Gasteiger partial charge >= 0.3 is 12.4 Å². The number of hydrogen-bond donors (Lipinski definition) is 0. The molecule has 4 rings (SSSR count). The molecule has 3 aromatic carbocycles. The summed E-state index contributed by atoms with van der Waals surface area (Å²) in [5.41, 5.74) is -0.594. The van der Waals surface area contributed by atoms with Crippen LogP contribution in [0.2, 0.25) is 0 Å². The van der Waals surface area contributed by atoms with Crippen LogP contribution in [0.5, 0.6) is 0 Å². The summed E-state index contributed by atoms with van der Waals surface area (Å²) in [7, 11) is 0. The van der Waals surface area contributed by atoms with Gasteiger partial charge in [0.05, 0.1) is 28.6 Å². The van der Waals surface area contributed by atoms with Crippen LogP contribution in [0.4, 0.5) is 32.0 Å². The normalized spacial score (nSPS) is 17.0. The fourth-order valence-corrected chi connectivity index (χ4v) is 3.83. The molecule has 1 aliphatic heterocycles. The summed E-state index contributed by atoms with van der Waals surface area (Å²) < 4.78 is 80.9. The average molecular weight is 460 g/mol. The molecule has 3 aromatic rings. The Kier molecular flexibility index (Phi) is 6.01. The number of rotatable bonds is 4. The van der Waals surface area contributed by atoms with Crippen molar-refractivity contribution in [1.82, 2.24) is 0 Å². The van der Waals surface area contributed by atoms with Crippen molar-refractivity contribution in [2.75, 3.05) is 5.01 Å². The fourth-order valence-electron chi connectivity index (χ4n) is 3.83. The number of hydrogen-bond acceptors (Lipinski definition) is 2. The van der Waals surface area contributed by atoms with Gasteiger partial charge in [0, 0.05) is 6.42 Å². The van der Waals surface area contributed by atoms with E-state index in [-0.39, 0.29) is 17.5 Å². The van der Waals surface area contributed by atoms with Gasteiger partial charge in [0.15, 0.2) is 0 Å². The highest BCUT2D eigenvalue weighted by molar-refractivity contribution is 6.01. The standard InChI is InChI=1S/C25H18F6N2/c26-24(27,28)21-12-6-4-8-17(21)14-15-18-16-23(33(32-18)19-9-2-1-3-10-19)20-11-5-7-13-22(20)25(29,30)31/h1-15,23H,16H2/b15-14-/t23-/m0/s1. The molecule has 0 unspecified atom stereocenters. The second kappa shape index (κ2) is 8.77. The Hall–Kier alpha value is -3.55. The smallest absolute Gasteiger partial charge is 0.257 e. The van der Waals surface area contributed by atoms with Crippen LogP contribution < -0.4 is 5.01 Å². The molecule has 170 valence electrons. The second-order valence-corrected chi connectivity index (χ2v) is 7.49. The maximum absolute atomic E-state index is 13.7. The average Bonchev–Trinajstić information content (AvgIpc) is 3.21. The molecule has 0 fully saturated rings. The molecule has 0 spiro atoms. The molecule has 0 radical (unpaired) electrons. The minimum atomic E-state index is -4.55. The topological polar surface area (TPSA) is 15.6 Å². The lowest BCUT2D eigenvalue weighted by atomic mass is 9.95. The Labute approximate surface area is 186 Å². The van der Waals surface area contributed by atoms with Gasteiger partial charge in [-0.25, -0.2) is 0 Å². The summed E-state index contributed by atoms with van der Waals surface area (Å²) in [4.78, 5) is 0. The molecule has 8 heteroatoms. The molecule has 1 aliphatic rings. The van der Waals surface area contributed by atoms with Gasteiger partial charge in [-0.3, -0.25) is 5.01 Å². The number of hydrazone groups is 1. The van der Waals surface area contributed by atoms with Gasteiger partial charge in [0.2, 0.25) is 0 Å². The first-order valence-corrected chi connectivity index (χ1v) is 10.1. The van der Waals surface area contributed by atoms with Crippen molar-refractivity contribution < 1.29 is 26.3 Å². The lowest BCUT2D eigenvalue weighted by Crippen LogP contribution is -2.22. The van der Waals surface area contributed by atoms with Crippen molar-refractivity contribution in [3.05, 3.63) is 107 Å². The van der Waals surface area contributed by atoms with Crippen molar-refractivity contribution in [3.63, 3.8) is 0 Å². The molecular weight excluding hydrogens is 442 g/mol. The summed E-state index contributed by atoms with van der Waals surface area (Å²) in [6.45, 7) is 0. The van der Waals surface area contributed by atoms with Crippen molar-refractivity contribution in [1.29, 1.82) is 0 Å². The van der Waals surface area contributed by atoms with Gasteiger partial charge in [-0.15, -0.1) is 0 Å². The van der Waals surface area contributed by atoms with Crippen LogP contribution >= 0.6 is 0 Å². The van der Waals surface area contributed by atoms with Crippen molar-refractivity contribution in [2.24, 2.45) is 5.10 Å². The van der Waals surface area contributed by atoms with E-state index in [1.807, 2.05) is 0 Å². The lowest BCUT2D eigenvalue weighted by molar-refractivity contribution is -0.139. The van der Waals surface area contributed by atoms with Gasteiger partial charge in [-0.2, -0.15) is 31.4 Å². The predicted molar refractivity (Wildman–Crippen MR) is 116 cm³/mol. The maximum atomic E-state index is 13.7. The Morgan fingerprint density at radius 1 is 0.697 bits per heavy atom. The third-order valence-electron chi connectivity index (χ3n) is 5.30. The van der Waals surface area contributed by atoms with Gasteiger partial charge in [0.1, 0.15) is 0 Å². The zero-order valence-corrected chi connectivity index (χ0v) is 17.1. The van der Waals surface area contributed by atoms with Gasteiger partial charge < -0.3 is 0 Å². The monoisotopic (exact) mass is 460 g/mol. The van der Waals surface area contributed by atoms with Crippen LogP contribution in [0, 0.1) is 0 Å². The van der Waals surface area contributed by atoms with E-state index in [2.05, 4.69) is 5.10 Å². The Morgan fingerprint density at radius 3 is 1.94 bits per heavy atom. The molecule has 1 heterocycles. The first-order chi connectivity index (χ1) is 15.6. The number of allylic oxidation sites excluding steroid dienone is 1. The Balaban J connectivity index is 1.73. The number of para-hydroxylation sites is 1. The van der Waals surface area contributed by atoms with E-state index in [4.69, 9.17) is 0 Å². The van der Waals surface area contributed by atoms with E-state index < -0.39 is 29.5 Å². The van der Waals surface area contributed by atoms with Gasteiger partial charge in [-0.1, -0.05) is 60.7 Å². The minimum absolute atomic E-state index is 0.0434. The quantitative estimate of drug-likeness (QED) is 0.364. The number of halogens is 6. The number of anilines is 1. The predicted octanol–water partition coefficient (Wildman–Crippen LogP) is 7.75. The van der Waals surface area contributed by atoms with E-state index in [0.29, 0.717) is 11.4 Å². The van der Waals surface area contributed by atoms with Crippen molar-refractivity contribution >= 4 is 17.5 Å². The van der Waals surface area contributed by atoms with Crippen LogP contribution in [-0.2, 0) is 12.4 Å². The molecular formula is C25H18F6N2. The number of nitrogens with zero attached hydrogens (tertiary/aromatic N) is 2. The lowest BCUT2D eigenvalue weighted by Gasteiger charge is -2.26. The summed E-state index contributed by atoms with van der Waals surface area (Å²) in [6.07, 6.45) is -6.25. The van der Waals surface area contributed by atoms with Crippen LogP contribution in [-0.4, -0.2) is 5.71 Å². The van der Waals surface area contributed by atoms with Gasteiger partial charge in [-0.05, 0) is 41.5 Å². The number of alkyl halides is 6. The van der Waals surface area contributed by atoms with Crippen LogP contribution in [0.3, 0.4) is 0 Å². The summed E-state index contributed by atoms with van der Waals surface area (Å²) in [6, 6.07) is 18.3. The largest absolute Gasteiger partial charge is 0.416 e. The summed E-state index contributed by atoms with van der Waals surface area (Å²) in [5, 5.41) is 5.95. The summed E-state index contributed by atoms with van der Waals surface area (Å²) in [5.74, 6) is 0. The molecule has 0 saturated carbocycles. The highest BCUT2D eigenvalue weighted by Gasteiger charge is 2.38. The Bertz CT molecular complexity index is 1180. The fraction of sp³-hybridized carbons (Fsp3) is 0.160. The molecule has 0 amide bonds. The molecule has 0 N–H and O–H groups in total. The highest BCUT2D eigenvalue weighted by atomic mass is 19.4. The van der Waals surface area contributed by atoms with E-state index in [9.17, 15) is 26.3 Å². The van der Waals surface area contributed by atoms with Crippen molar-refractivity contribution in [3.8, 4) is 0 Å². The van der Waals surface area contributed by atoms with Crippen LogP contribution in [0.15, 0.2) is 90.0 Å². The van der Waals surface area contributed by atoms with E-state index >= 15 is 0 Å². The minimum Gasteiger partial charge on any atom is -0.257 e. The van der Waals surface area contributed by atoms with Crippen molar-refractivity contribution in [2.45, 2.75) is 24.8 Å². The molecule has 0 saturated heterocycles. The molecule has 0 bridgehead atoms. The highest BCUT2D eigenvalue weighted by Crippen LogP contribution is 2.42. The first-order valence-electron chi connectivity index (χ1n) is 10.1. The SMILES string of the molecule is FC(F)(F)c1ccccc1/C=C\C1=NN(c2ccccc2)[C@H](c2ccccc2C(F)(F)F)C1. The zero-order valence-electron chi connectivity index (χ0n) is 17.1. The molecule has 1 atom stereocenters. The van der Waals surface area contributed by atoms with Crippen LogP contribution in [0.1, 0.15) is 34.7 Å². The zero-order chi connectivity index (χ0) is 23.6. The van der Waals surface area contributed by atoms with E-state index in [1.54, 1.807) is 30.3 Å². The first kappa shape index (κ1) is 22.6. The molecule has 0 aromatic heterocycles. The van der Waals surface area contributed by atoms with Crippen LogP contribution in [0.25, 0.3) is 6.08 Å². The maximum Gasteiger partial charge on any atom is 0.416 e. The third kappa shape index (κ3) is 4.94. The molecule has 2 nitrogen and oxygen atoms in total.